The highest BCUT2D eigenvalue weighted by Gasteiger charge is 2.16. The van der Waals surface area contributed by atoms with Gasteiger partial charge in [-0.2, -0.15) is 4.98 Å². The summed E-state index contributed by atoms with van der Waals surface area (Å²) in [5, 5.41) is 7.28. The summed E-state index contributed by atoms with van der Waals surface area (Å²) in [7, 11) is 0. The summed E-state index contributed by atoms with van der Waals surface area (Å²) >= 11 is 0. The number of para-hydroxylation sites is 1. The Bertz CT molecular complexity index is 966. The lowest BCUT2D eigenvalue weighted by atomic mass is 9.95. The highest BCUT2D eigenvalue weighted by molar-refractivity contribution is 5.95. The third kappa shape index (κ3) is 3.69. The van der Waals surface area contributed by atoms with Crippen molar-refractivity contribution in [1.82, 2.24) is 9.97 Å². The smallest absolute Gasteiger partial charge is 0.222 e. The van der Waals surface area contributed by atoms with Crippen molar-refractivity contribution in [2.24, 2.45) is 0 Å². The van der Waals surface area contributed by atoms with Gasteiger partial charge < -0.3 is 16.4 Å². The number of hydrogen-bond donors (Lipinski definition) is 3. The van der Waals surface area contributed by atoms with E-state index in [4.69, 9.17) is 5.73 Å². The Morgan fingerprint density at radius 1 is 1.04 bits per heavy atom. The second-order valence-electron chi connectivity index (χ2n) is 6.95. The maximum atomic E-state index is 10.9. The molecule has 0 aliphatic heterocycles. The molecule has 1 fully saturated rings. The van der Waals surface area contributed by atoms with E-state index in [1.807, 2.05) is 36.4 Å². The summed E-state index contributed by atoms with van der Waals surface area (Å²) in [5.74, 6) is 1.06. The van der Waals surface area contributed by atoms with Crippen LogP contribution in [0.15, 0.2) is 42.5 Å². The van der Waals surface area contributed by atoms with Crippen LogP contribution in [0.1, 0.15) is 32.1 Å². The van der Waals surface area contributed by atoms with E-state index in [9.17, 15) is 4.79 Å². The highest BCUT2D eigenvalue weighted by atomic mass is 16.1. The number of amides is 1. The van der Waals surface area contributed by atoms with Crippen LogP contribution in [0.5, 0.6) is 0 Å². The van der Waals surface area contributed by atoms with Crippen LogP contribution in [0.2, 0.25) is 0 Å². The van der Waals surface area contributed by atoms with Gasteiger partial charge in [0.05, 0.1) is 5.52 Å². The molecule has 0 unspecified atom stereocenters. The number of carbonyl (C=O) groups excluding carboxylic acids is 1. The lowest BCUT2D eigenvalue weighted by Crippen LogP contribution is -2.23. The Labute approximate surface area is 158 Å². The van der Waals surface area contributed by atoms with E-state index in [0.717, 1.165) is 46.4 Å². The molecule has 0 bridgehead atoms. The van der Waals surface area contributed by atoms with Gasteiger partial charge in [-0.1, -0.05) is 43.5 Å². The van der Waals surface area contributed by atoms with Crippen molar-refractivity contribution in [2.45, 2.75) is 38.1 Å². The first-order valence-electron chi connectivity index (χ1n) is 9.38. The van der Waals surface area contributed by atoms with Gasteiger partial charge in [-0.15, -0.1) is 0 Å². The summed E-state index contributed by atoms with van der Waals surface area (Å²) < 4.78 is 0. The number of nitrogens with two attached hydrogens (primary N) is 1. The zero-order valence-electron chi connectivity index (χ0n) is 15.1. The minimum Gasteiger partial charge on any atom is -0.368 e. The Morgan fingerprint density at radius 2 is 1.85 bits per heavy atom. The molecule has 0 atom stereocenters. The zero-order valence-corrected chi connectivity index (χ0v) is 15.1. The lowest BCUT2D eigenvalue weighted by molar-refractivity contribution is -0.105. The fourth-order valence-electron chi connectivity index (χ4n) is 3.79. The SMILES string of the molecule is Nc1nc(NC2CCCCC2)c2cc(-c3ccccc3NC=O)ccc2n1. The molecular weight excluding hydrogens is 338 g/mol. The normalized spacial score (nSPS) is 14.8. The molecule has 27 heavy (non-hydrogen) atoms. The molecule has 138 valence electrons. The molecule has 6 heteroatoms. The molecule has 1 amide bonds. The van der Waals surface area contributed by atoms with E-state index in [-0.39, 0.29) is 5.95 Å². The van der Waals surface area contributed by atoms with Crippen molar-refractivity contribution in [1.29, 1.82) is 0 Å². The second kappa shape index (κ2) is 7.61. The van der Waals surface area contributed by atoms with Gasteiger partial charge in [0.25, 0.3) is 0 Å². The van der Waals surface area contributed by atoms with Gasteiger partial charge >= 0.3 is 0 Å². The average molecular weight is 361 g/mol. The fourth-order valence-corrected chi connectivity index (χ4v) is 3.79. The minimum atomic E-state index is 0.275. The van der Waals surface area contributed by atoms with E-state index in [0.29, 0.717) is 12.5 Å². The third-order valence-corrected chi connectivity index (χ3v) is 5.11. The summed E-state index contributed by atoms with van der Waals surface area (Å²) in [6.45, 7) is 0. The number of hydrogen-bond acceptors (Lipinski definition) is 5. The van der Waals surface area contributed by atoms with Crippen LogP contribution in [0.4, 0.5) is 17.5 Å². The van der Waals surface area contributed by atoms with E-state index >= 15 is 0 Å². The van der Waals surface area contributed by atoms with Gasteiger partial charge in [-0.25, -0.2) is 4.98 Å². The maximum Gasteiger partial charge on any atom is 0.222 e. The first-order chi connectivity index (χ1) is 13.2. The van der Waals surface area contributed by atoms with Crippen LogP contribution in [0.3, 0.4) is 0 Å². The number of fused-ring (bicyclic) bond motifs is 1. The van der Waals surface area contributed by atoms with Gasteiger partial charge in [-0.3, -0.25) is 4.79 Å². The first kappa shape index (κ1) is 17.3. The Hall–Kier alpha value is -3.15. The topological polar surface area (TPSA) is 92.9 Å². The van der Waals surface area contributed by atoms with E-state index in [1.54, 1.807) is 0 Å². The molecule has 1 saturated carbocycles. The summed E-state index contributed by atoms with van der Waals surface area (Å²) in [6, 6.07) is 14.1. The molecule has 0 spiro atoms. The number of benzene rings is 2. The average Bonchev–Trinajstić information content (AvgIpc) is 2.69. The van der Waals surface area contributed by atoms with Gasteiger partial charge in [0, 0.05) is 22.7 Å². The molecule has 6 nitrogen and oxygen atoms in total. The molecular formula is C21H23N5O. The van der Waals surface area contributed by atoms with Crippen molar-refractivity contribution in [3.63, 3.8) is 0 Å². The van der Waals surface area contributed by atoms with E-state index in [1.165, 1.54) is 19.3 Å². The van der Waals surface area contributed by atoms with Crippen LogP contribution in [0.25, 0.3) is 22.0 Å². The summed E-state index contributed by atoms with van der Waals surface area (Å²) in [6.07, 6.45) is 6.78. The van der Waals surface area contributed by atoms with Crippen molar-refractivity contribution < 1.29 is 4.79 Å². The number of aromatic nitrogens is 2. The molecule has 4 rings (SSSR count). The molecule has 0 radical (unpaired) electrons. The molecule has 1 heterocycles. The monoisotopic (exact) mass is 361 g/mol. The zero-order chi connectivity index (χ0) is 18.6. The molecule has 1 aromatic heterocycles. The van der Waals surface area contributed by atoms with Crippen molar-refractivity contribution in [2.75, 3.05) is 16.4 Å². The van der Waals surface area contributed by atoms with Gasteiger partial charge in [0.1, 0.15) is 5.82 Å². The molecule has 4 N–H and O–H groups in total. The Balaban J connectivity index is 1.78. The molecule has 0 saturated heterocycles. The van der Waals surface area contributed by atoms with Gasteiger partial charge in [-0.05, 0) is 36.6 Å². The fraction of sp³-hybridized carbons (Fsp3) is 0.286. The Kier molecular flexibility index (Phi) is 4.87. The predicted octanol–water partition coefficient (Wildman–Crippen LogP) is 4.19. The second-order valence-corrected chi connectivity index (χ2v) is 6.95. The van der Waals surface area contributed by atoms with Crippen LogP contribution in [-0.2, 0) is 4.79 Å². The number of carbonyl (C=O) groups is 1. The van der Waals surface area contributed by atoms with E-state index < -0.39 is 0 Å². The predicted molar refractivity (Wildman–Crippen MR) is 110 cm³/mol. The van der Waals surface area contributed by atoms with Crippen LogP contribution in [0, 0.1) is 0 Å². The van der Waals surface area contributed by atoms with Crippen molar-refractivity contribution >= 4 is 34.8 Å². The standard InChI is InChI=1S/C21H23N5O/c22-21-25-19-11-10-14(16-8-4-5-9-18(16)23-13-27)12-17(19)20(26-21)24-15-6-2-1-3-7-15/h4-5,8-13,15H,1-3,6-7H2,(H,23,27)(H3,22,24,25,26). The van der Waals surface area contributed by atoms with Gasteiger partial charge in [0.15, 0.2) is 0 Å². The maximum absolute atomic E-state index is 10.9. The summed E-state index contributed by atoms with van der Waals surface area (Å²) in [4.78, 5) is 19.8. The largest absolute Gasteiger partial charge is 0.368 e. The Morgan fingerprint density at radius 3 is 2.67 bits per heavy atom. The van der Waals surface area contributed by atoms with Crippen molar-refractivity contribution in [3.8, 4) is 11.1 Å². The quantitative estimate of drug-likeness (QED) is 0.593. The number of rotatable bonds is 5. The van der Waals surface area contributed by atoms with Crippen molar-refractivity contribution in [3.05, 3.63) is 42.5 Å². The lowest BCUT2D eigenvalue weighted by Gasteiger charge is -2.24. The van der Waals surface area contributed by atoms with Gasteiger partial charge in [0.2, 0.25) is 12.4 Å². The number of nitrogen functional groups attached to an aromatic ring is 1. The van der Waals surface area contributed by atoms with Crippen LogP contribution in [-0.4, -0.2) is 22.4 Å². The highest BCUT2D eigenvalue weighted by Crippen LogP contribution is 2.33. The van der Waals surface area contributed by atoms with Crippen LogP contribution >= 0.6 is 0 Å². The van der Waals surface area contributed by atoms with Crippen LogP contribution < -0.4 is 16.4 Å². The number of nitrogens with one attached hydrogen (secondary N) is 2. The number of anilines is 3. The summed E-state index contributed by atoms with van der Waals surface area (Å²) in [5.41, 5.74) is 9.45. The van der Waals surface area contributed by atoms with E-state index in [2.05, 4.69) is 26.7 Å². The molecule has 1 aliphatic rings. The number of nitrogens with zero attached hydrogens (tertiary/aromatic N) is 2. The third-order valence-electron chi connectivity index (χ3n) is 5.11. The molecule has 1 aliphatic carbocycles. The molecule has 2 aromatic carbocycles. The molecule has 3 aromatic rings. The minimum absolute atomic E-state index is 0.275. The first-order valence-corrected chi connectivity index (χ1v) is 9.38.